The van der Waals surface area contributed by atoms with Crippen molar-refractivity contribution in [3.05, 3.63) is 29.8 Å². The maximum atomic E-state index is 15.0. The van der Waals surface area contributed by atoms with Gasteiger partial charge >= 0.3 is 0 Å². The summed E-state index contributed by atoms with van der Waals surface area (Å²) >= 11 is 0. The number of para-hydroxylation sites is 1. The first-order valence-electron chi connectivity index (χ1n) is 6.24. The SMILES string of the molecule is CN1CCC(C(C)(F)c2ccccc2N)CC1. The maximum Gasteiger partial charge on any atom is 0.138 e. The van der Waals surface area contributed by atoms with Gasteiger partial charge in [0.25, 0.3) is 0 Å². The zero-order valence-corrected chi connectivity index (χ0v) is 10.6. The summed E-state index contributed by atoms with van der Waals surface area (Å²) < 4.78 is 15.0. The summed E-state index contributed by atoms with van der Waals surface area (Å²) in [4.78, 5) is 2.25. The number of nitrogens with two attached hydrogens (primary N) is 1. The molecular weight excluding hydrogens is 215 g/mol. The first-order chi connectivity index (χ1) is 8.01. The highest BCUT2D eigenvalue weighted by Crippen LogP contribution is 2.41. The third kappa shape index (κ3) is 2.44. The Bertz CT molecular complexity index is 382. The van der Waals surface area contributed by atoms with Crippen LogP contribution in [0.4, 0.5) is 10.1 Å². The highest BCUT2D eigenvalue weighted by Gasteiger charge is 2.38. The van der Waals surface area contributed by atoms with E-state index in [9.17, 15) is 4.39 Å². The summed E-state index contributed by atoms with van der Waals surface area (Å²) in [6.07, 6.45) is 1.80. The first-order valence-corrected chi connectivity index (χ1v) is 6.24. The van der Waals surface area contributed by atoms with E-state index in [0.717, 1.165) is 25.9 Å². The number of benzene rings is 1. The van der Waals surface area contributed by atoms with Crippen molar-refractivity contribution in [2.24, 2.45) is 5.92 Å². The molecule has 1 aliphatic heterocycles. The minimum atomic E-state index is -1.31. The van der Waals surface area contributed by atoms with E-state index in [4.69, 9.17) is 5.73 Å². The molecule has 2 rings (SSSR count). The lowest BCUT2D eigenvalue weighted by atomic mass is 9.78. The second kappa shape index (κ2) is 4.65. The third-order valence-electron chi connectivity index (χ3n) is 3.97. The van der Waals surface area contributed by atoms with Gasteiger partial charge < -0.3 is 10.6 Å². The highest BCUT2D eigenvalue weighted by molar-refractivity contribution is 5.49. The number of hydrogen-bond donors (Lipinski definition) is 1. The van der Waals surface area contributed by atoms with Crippen LogP contribution in [-0.4, -0.2) is 25.0 Å². The molecule has 0 bridgehead atoms. The van der Waals surface area contributed by atoms with Gasteiger partial charge in [0, 0.05) is 11.3 Å². The smallest absolute Gasteiger partial charge is 0.138 e. The molecule has 1 unspecified atom stereocenters. The van der Waals surface area contributed by atoms with Crippen LogP contribution in [-0.2, 0) is 5.67 Å². The summed E-state index contributed by atoms with van der Waals surface area (Å²) in [6.45, 7) is 3.61. The minimum Gasteiger partial charge on any atom is -0.398 e. The van der Waals surface area contributed by atoms with Gasteiger partial charge in [0.1, 0.15) is 5.67 Å². The van der Waals surface area contributed by atoms with E-state index < -0.39 is 5.67 Å². The fraction of sp³-hybridized carbons (Fsp3) is 0.571. The number of rotatable bonds is 2. The third-order valence-corrected chi connectivity index (χ3v) is 3.97. The average molecular weight is 236 g/mol. The number of anilines is 1. The number of nitrogen functional groups attached to an aromatic ring is 1. The van der Waals surface area contributed by atoms with Crippen LogP contribution in [0, 0.1) is 5.92 Å². The quantitative estimate of drug-likeness (QED) is 0.800. The predicted octanol–water partition coefficient (Wildman–Crippen LogP) is 2.80. The van der Waals surface area contributed by atoms with E-state index in [1.165, 1.54) is 0 Å². The Hall–Kier alpha value is -1.09. The van der Waals surface area contributed by atoms with Gasteiger partial charge in [-0.05, 0) is 51.9 Å². The molecule has 0 spiro atoms. The molecule has 1 aromatic rings. The largest absolute Gasteiger partial charge is 0.398 e. The van der Waals surface area contributed by atoms with Crippen LogP contribution in [0.1, 0.15) is 25.3 Å². The molecule has 1 aliphatic rings. The number of piperidine rings is 1. The van der Waals surface area contributed by atoms with E-state index in [2.05, 4.69) is 11.9 Å². The molecule has 1 aromatic carbocycles. The van der Waals surface area contributed by atoms with Gasteiger partial charge in [0.15, 0.2) is 0 Å². The second-order valence-corrected chi connectivity index (χ2v) is 5.24. The van der Waals surface area contributed by atoms with Gasteiger partial charge in [-0.25, -0.2) is 4.39 Å². The van der Waals surface area contributed by atoms with Crippen molar-refractivity contribution in [2.45, 2.75) is 25.4 Å². The lowest BCUT2D eigenvalue weighted by molar-refractivity contribution is 0.0529. The molecule has 0 aliphatic carbocycles. The topological polar surface area (TPSA) is 29.3 Å². The normalized spacial score (nSPS) is 22.3. The zero-order valence-electron chi connectivity index (χ0n) is 10.6. The van der Waals surface area contributed by atoms with Crippen LogP contribution in [0.15, 0.2) is 24.3 Å². The molecule has 0 radical (unpaired) electrons. The predicted molar refractivity (Wildman–Crippen MR) is 69.5 cm³/mol. The minimum absolute atomic E-state index is 0.0726. The molecule has 2 nitrogen and oxygen atoms in total. The van der Waals surface area contributed by atoms with Crippen molar-refractivity contribution in [1.82, 2.24) is 4.90 Å². The Morgan fingerprint density at radius 2 is 1.88 bits per heavy atom. The van der Waals surface area contributed by atoms with Crippen molar-refractivity contribution in [1.29, 1.82) is 0 Å². The number of hydrogen-bond acceptors (Lipinski definition) is 2. The first kappa shape index (κ1) is 12.4. The summed E-state index contributed by atoms with van der Waals surface area (Å²) in [5.41, 5.74) is 5.79. The summed E-state index contributed by atoms with van der Waals surface area (Å²) in [7, 11) is 2.09. The van der Waals surface area contributed by atoms with Crippen molar-refractivity contribution >= 4 is 5.69 Å². The zero-order chi connectivity index (χ0) is 12.5. The monoisotopic (exact) mass is 236 g/mol. The molecule has 1 heterocycles. The van der Waals surface area contributed by atoms with Gasteiger partial charge in [-0.2, -0.15) is 0 Å². The molecule has 1 atom stereocenters. The summed E-state index contributed by atoms with van der Waals surface area (Å²) in [6, 6.07) is 7.30. The molecular formula is C14H21FN2. The lowest BCUT2D eigenvalue weighted by Gasteiger charge is -2.37. The fourth-order valence-corrected chi connectivity index (χ4v) is 2.71. The molecule has 3 heteroatoms. The van der Waals surface area contributed by atoms with Gasteiger partial charge in [-0.15, -0.1) is 0 Å². The second-order valence-electron chi connectivity index (χ2n) is 5.24. The summed E-state index contributed by atoms with van der Waals surface area (Å²) in [5, 5.41) is 0. The van der Waals surface area contributed by atoms with Crippen molar-refractivity contribution in [2.75, 3.05) is 25.9 Å². The number of halogens is 1. The number of likely N-dealkylation sites (tertiary alicyclic amines) is 1. The maximum absolute atomic E-state index is 15.0. The Labute approximate surface area is 103 Å². The lowest BCUT2D eigenvalue weighted by Crippen LogP contribution is -2.38. The Balaban J connectivity index is 2.21. The van der Waals surface area contributed by atoms with E-state index in [1.807, 2.05) is 18.2 Å². The van der Waals surface area contributed by atoms with Gasteiger partial charge in [-0.1, -0.05) is 18.2 Å². The van der Waals surface area contributed by atoms with E-state index in [0.29, 0.717) is 11.3 Å². The van der Waals surface area contributed by atoms with E-state index in [-0.39, 0.29) is 5.92 Å². The molecule has 94 valence electrons. The molecule has 1 saturated heterocycles. The molecule has 2 N–H and O–H groups in total. The van der Waals surface area contributed by atoms with Crippen LogP contribution in [0.5, 0.6) is 0 Å². The van der Waals surface area contributed by atoms with Crippen LogP contribution < -0.4 is 5.73 Å². The Kier molecular flexibility index (Phi) is 3.38. The molecule has 0 amide bonds. The van der Waals surface area contributed by atoms with Crippen LogP contribution in [0.2, 0.25) is 0 Å². The number of alkyl halides is 1. The molecule has 0 aromatic heterocycles. The number of nitrogens with zero attached hydrogens (tertiary/aromatic N) is 1. The fourth-order valence-electron chi connectivity index (χ4n) is 2.71. The van der Waals surface area contributed by atoms with Crippen LogP contribution >= 0.6 is 0 Å². The Morgan fingerprint density at radius 1 is 1.29 bits per heavy atom. The van der Waals surface area contributed by atoms with Gasteiger partial charge in [0.2, 0.25) is 0 Å². The molecule has 17 heavy (non-hydrogen) atoms. The van der Waals surface area contributed by atoms with Crippen LogP contribution in [0.25, 0.3) is 0 Å². The average Bonchev–Trinajstić information content (AvgIpc) is 2.30. The standard InChI is InChI=1S/C14H21FN2/c1-14(15,11-7-9-17(2)10-8-11)12-5-3-4-6-13(12)16/h3-6,11H,7-10,16H2,1-2H3. The molecule has 0 saturated carbocycles. The van der Waals surface area contributed by atoms with E-state index in [1.54, 1.807) is 13.0 Å². The van der Waals surface area contributed by atoms with Crippen molar-refractivity contribution in [3.63, 3.8) is 0 Å². The summed E-state index contributed by atoms with van der Waals surface area (Å²) in [5.74, 6) is 0.0726. The molecule has 1 fully saturated rings. The van der Waals surface area contributed by atoms with Gasteiger partial charge in [0.05, 0.1) is 0 Å². The van der Waals surface area contributed by atoms with Crippen LogP contribution in [0.3, 0.4) is 0 Å². The Morgan fingerprint density at radius 3 is 2.47 bits per heavy atom. The van der Waals surface area contributed by atoms with Crippen molar-refractivity contribution < 1.29 is 4.39 Å². The highest BCUT2D eigenvalue weighted by atomic mass is 19.1. The van der Waals surface area contributed by atoms with Crippen molar-refractivity contribution in [3.8, 4) is 0 Å². The van der Waals surface area contributed by atoms with Gasteiger partial charge in [-0.3, -0.25) is 0 Å². The van der Waals surface area contributed by atoms with E-state index >= 15 is 0 Å².